The average molecular weight is 350 g/mol. The molecule has 0 atom stereocenters. The molecule has 3 rings (SSSR count). The molecular weight excluding hydrogens is 314 g/mol. The van der Waals surface area contributed by atoms with E-state index < -0.39 is 0 Å². The predicted octanol–water partition coefficient (Wildman–Crippen LogP) is 3.25. The quantitative estimate of drug-likeness (QED) is 0.847. The van der Waals surface area contributed by atoms with E-state index in [1.807, 2.05) is 9.80 Å². The van der Waals surface area contributed by atoms with Gasteiger partial charge in [-0.05, 0) is 50.4 Å². The number of likely N-dealkylation sites (tertiary alicyclic amines) is 2. The summed E-state index contributed by atoms with van der Waals surface area (Å²) >= 11 is 0. The van der Waals surface area contributed by atoms with Crippen molar-refractivity contribution >= 4 is 11.9 Å². The van der Waals surface area contributed by atoms with Crippen LogP contribution in [0.1, 0.15) is 64.7 Å². The number of hydrogen-bond acceptors (Lipinski definition) is 2. The van der Waals surface area contributed by atoms with E-state index in [1.165, 1.54) is 32.1 Å². The van der Waals surface area contributed by atoms with E-state index in [0.29, 0.717) is 11.8 Å². The highest BCUT2D eigenvalue weighted by molar-refractivity contribution is 5.80. The molecule has 25 heavy (non-hydrogen) atoms. The first-order chi connectivity index (χ1) is 12.2. The standard InChI is InChI=1S/C20H35N3O2/c1-2-16-5-7-17(8-6-16)15-21-20(25)23-13-9-18(10-14-23)19(24)22-11-3-4-12-22/h16-18H,2-15H2,1H3,(H,21,25). The Morgan fingerprint density at radius 3 is 2.04 bits per heavy atom. The van der Waals surface area contributed by atoms with E-state index >= 15 is 0 Å². The zero-order valence-electron chi connectivity index (χ0n) is 15.8. The minimum Gasteiger partial charge on any atom is -0.342 e. The van der Waals surface area contributed by atoms with Gasteiger partial charge in [-0.25, -0.2) is 4.79 Å². The molecule has 142 valence electrons. The second-order valence-corrected chi connectivity index (χ2v) is 8.27. The summed E-state index contributed by atoms with van der Waals surface area (Å²) in [6.45, 7) is 6.41. The molecule has 0 aromatic carbocycles. The van der Waals surface area contributed by atoms with Crippen LogP contribution in [-0.4, -0.2) is 54.5 Å². The maximum Gasteiger partial charge on any atom is 0.317 e. The number of hydrogen-bond donors (Lipinski definition) is 1. The second-order valence-electron chi connectivity index (χ2n) is 8.27. The highest BCUT2D eigenvalue weighted by Gasteiger charge is 2.31. The van der Waals surface area contributed by atoms with Crippen molar-refractivity contribution in [3.63, 3.8) is 0 Å². The number of carbonyl (C=O) groups excluding carboxylic acids is 2. The lowest BCUT2D eigenvalue weighted by molar-refractivity contribution is -0.135. The summed E-state index contributed by atoms with van der Waals surface area (Å²) in [4.78, 5) is 28.8. The Balaban J connectivity index is 1.35. The molecule has 0 spiro atoms. The van der Waals surface area contributed by atoms with Crippen LogP contribution in [0.2, 0.25) is 0 Å². The van der Waals surface area contributed by atoms with Gasteiger partial charge in [0.1, 0.15) is 0 Å². The Hall–Kier alpha value is -1.26. The number of piperidine rings is 1. The maximum absolute atomic E-state index is 12.5. The Kier molecular flexibility index (Phi) is 6.60. The summed E-state index contributed by atoms with van der Waals surface area (Å²) in [5, 5.41) is 3.15. The fourth-order valence-electron chi connectivity index (χ4n) is 4.71. The maximum atomic E-state index is 12.5. The van der Waals surface area contributed by atoms with Crippen molar-refractivity contribution in [2.75, 3.05) is 32.7 Å². The van der Waals surface area contributed by atoms with Crippen molar-refractivity contribution in [2.45, 2.75) is 64.7 Å². The smallest absolute Gasteiger partial charge is 0.317 e. The lowest BCUT2D eigenvalue weighted by Crippen LogP contribution is -2.48. The third-order valence-corrected chi connectivity index (χ3v) is 6.63. The van der Waals surface area contributed by atoms with Crippen molar-refractivity contribution in [2.24, 2.45) is 17.8 Å². The summed E-state index contributed by atoms with van der Waals surface area (Å²) in [6.07, 6.45) is 10.4. The molecule has 1 aliphatic carbocycles. The number of carbonyl (C=O) groups is 2. The fourth-order valence-corrected chi connectivity index (χ4v) is 4.71. The number of rotatable bonds is 4. The van der Waals surface area contributed by atoms with Gasteiger partial charge in [0, 0.05) is 38.6 Å². The molecule has 1 N–H and O–H groups in total. The van der Waals surface area contributed by atoms with Gasteiger partial charge in [0.05, 0.1) is 0 Å². The van der Waals surface area contributed by atoms with Crippen LogP contribution < -0.4 is 5.32 Å². The number of nitrogens with one attached hydrogen (secondary N) is 1. The van der Waals surface area contributed by atoms with E-state index in [1.54, 1.807) is 0 Å². The molecule has 1 saturated carbocycles. The van der Waals surface area contributed by atoms with E-state index in [9.17, 15) is 9.59 Å². The van der Waals surface area contributed by atoms with Gasteiger partial charge in [-0.15, -0.1) is 0 Å². The number of amides is 3. The SMILES string of the molecule is CCC1CCC(CNC(=O)N2CCC(C(=O)N3CCCC3)CC2)CC1. The fraction of sp³-hybridized carbons (Fsp3) is 0.900. The highest BCUT2D eigenvalue weighted by Crippen LogP contribution is 2.30. The Morgan fingerprint density at radius 2 is 1.44 bits per heavy atom. The molecule has 2 saturated heterocycles. The van der Waals surface area contributed by atoms with Crippen molar-refractivity contribution in [3.8, 4) is 0 Å². The van der Waals surface area contributed by atoms with Gasteiger partial charge in [0.15, 0.2) is 0 Å². The Labute approximate surface area is 152 Å². The molecule has 3 fully saturated rings. The zero-order chi connectivity index (χ0) is 17.6. The van der Waals surface area contributed by atoms with Crippen LogP contribution in [-0.2, 0) is 4.79 Å². The molecule has 2 heterocycles. The van der Waals surface area contributed by atoms with E-state index in [2.05, 4.69) is 12.2 Å². The molecular formula is C20H35N3O2. The topological polar surface area (TPSA) is 52.7 Å². The molecule has 0 aromatic heterocycles. The molecule has 0 unspecified atom stereocenters. The summed E-state index contributed by atoms with van der Waals surface area (Å²) in [5.74, 6) is 2.01. The minimum atomic E-state index is 0.0738. The first-order valence-corrected chi connectivity index (χ1v) is 10.5. The van der Waals surface area contributed by atoms with E-state index in [-0.39, 0.29) is 11.9 Å². The van der Waals surface area contributed by atoms with Crippen LogP contribution >= 0.6 is 0 Å². The lowest BCUT2D eigenvalue weighted by atomic mass is 9.81. The summed E-state index contributed by atoms with van der Waals surface area (Å²) in [5.41, 5.74) is 0. The molecule has 5 heteroatoms. The average Bonchev–Trinajstić information content (AvgIpc) is 3.21. The van der Waals surface area contributed by atoms with Gasteiger partial charge in [0.25, 0.3) is 0 Å². The van der Waals surface area contributed by atoms with E-state index in [4.69, 9.17) is 0 Å². The first kappa shape index (κ1) is 18.5. The first-order valence-electron chi connectivity index (χ1n) is 10.5. The highest BCUT2D eigenvalue weighted by atomic mass is 16.2. The summed E-state index contributed by atoms with van der Waals surface area (Å²) in [7, 11) is 0. The van der Waals surface area contributed by atoms with E-state index in [0.717, 1.165) is 64.3 Å². The second kappa shape index (κ2) is 8.91. The largest absolute Gasteiger partial charge is 0.342 e. The Bertz CT molecular complexity index is 446. The lowest BCUT2D eigenvalue weighted by Gasteiger charge is -2.34. The zero-order valence-corrected chi connectivity index (χ0v) is 15.8. The monoisotopic (exact) mass is 349 g/mol. The van der Waals surface area contributed by atoms with Crippen LogP contribution in [0.25, 0.3) is 0 Å². The molecule has 0 aromatic rings. The Morgan fingerprint density at radius 1 is 0.840 bits per heavy atom. The van der Waals surface area contributed by atoms with Crippen LogP contribution in [0.4, 0.5) is 4.79 Å². The molecule has 3 aliphatic rings. The van der Waals surface area contributed by atoms with Crippen LogP contribution in [0, 0.1) is 17.8 Å². The van der Waals surface area contributed by atoms with Crippen LogP contribution in [0.5, 0.6) is 0 Å². The molecule has 0 radical (unpaired) electrons. The van der Waals surface area contributed by atoms with Crippen LogP contribution in [0.15, 0.2) is 0 Å². The van der Waals surface area contributed by atoms with Crippen molar-refractivity contribution < 1.29 is 9.59 Å². The molecule has 2 aliphatic heterocycles. The van der Waals surface area contributed by atoms with Crippen molar-refractivity contribution in [1.29, 1.82) is 0 Å². The normalized spacial score (nSPS) is 28.2. The number of nitrogens with zero attached hydrogens (tertiary/aromatic N) is 2. The third-order valence-electron chi connectivity index (χ3n) is 6.63. The molecule has 5 nitrogen and oxygen atoms in total. The molecule has 3 amide bonds. The van der Waals surface area contributed by atoms with Crippen molar-refractivity contribution in [1.82, 2.24) is 15.1 Å². The predicted molar refractivity (Wildman–Crippen MR) is 99.2 cm³/mol. The van der Waals surface area contributed by atoms with Gasteiger partial charge < -0.3 is 15.1 Å². The van der Waals surface area contributed by atoms with Crippen molar-refractivity contribution in [3.05, 3.63) is 0 Å². The number of urea groups is 1. The van der Waals surface area contributed by atoms with Gasteiger partial charge in [0.2, 0.25) is 5.91 Å². The summed E-state index contributed by atoms with van der Waals surface area (Å²) < 4.78 is 0. The summed E-state index contributed by atoms with van der Waals surface area (Å²) in [6, 6.07) is 0.0738. The van der Waals surface area contributed by atoms with Gasteiger partial charge in [-0.2, -0.15) is 0 Å². The minimum absolute atomic E-state index is 0.0738. The molecule has 0 bridgehead atoms. The van der Waals surface area contributed by atoms with Gasteiger partial charge in [-0.3, -0.25) is 4.79 Å². The van der Waals surface area contributed by atoms with Gasteiger partial charge >= 0.3 is 6.03 Å². The third kappa shape index (κ3) is 4.89. The van der Waals surface area contributed by atoms with Crippen LogP contribution in [0.3, 0.4) is 0 Å². The van der Waals surface area contributed by atoms with Gasteiger partial charge in [-0.1, -0.05) is 26.2 Å².